The Balaban J connectivity index is 2.15. The third-order valence-corrected chi connectivity index (χ3v) is 3.78. The van der Waals surface area contributed by atoms with Crippen LogP contribution in [0.1, 0.15) is 27.0 Å². The number of nitrogens with one attached hydrogen (secondary N) is 1. The first kappa shape index (κ1) is 21.3. The molecule has 2 aromatic carbocycles. The molecule has 0 bridgehead atoms. The van der Waals surface area contributed by atoms with E-state index in [2.05, 4.69) is 5.32 Å². The van der Waals surface area contributed by atoms with Crippen LogP contribution in [-0.2, 0) is 23.6 Å². The van der Waals surface area contributed by atoms with Crippen LogP contribution in [0.15, 0.2) is 48.5 Å². The minimum atomic E-state index is -4.68. The highest BCUT2D eigenvalue weighted by molar-refractivity contribution is 5.96. The first-order valence-corrected chi connectivity index (χ1v) is 7.75. The molecule has 2 rings (SSSR count). The van der Waals surface area contributed by atoms with E-state index < -0.39 is 47.0 Å². The second-order valence-electron chi connectivity index (χ2n) is 5.84. The molecule has 0 aliphatic heterocycles. The SMILES string of the molecule is O=C(N[C@H](Cc1ccc(C(F)(F)F)cc1)C(=O)O)c1cccc(C(F)(F)F)c1. The van der Waals surface area contributed by atoms with Gasteiger partial charge >= 0.3 is 18.3 Å². The van der Waals surface area contributed by atoms with E-state index >= 15 is 0 Å². The maximum Gasteiger partial charge on any atom is 0.416 e. The number of hydrogen-bond donors (Lipinski definition) is 2. The summed E-state index contributed by atoms with van der Waals surface area (Å²) in [6.07, 6.45) is -9.58. The average molecular weight is 405 g/mol. The van der Waals surface area contributed by atoms with Crippen molar-refractivity contribution >= 4 is 11.9 Å². The molecule has 2 N–H and O–H groups in total. The van der Waals surface area contributed by atoms with Crippen molar-refractivity contribution in [3.05, 3.63) is 70.8 Å². The molecule has 0 radical (unpaired) electrons. The second-order valence-corrected chi connectivity index (χ2v) is 5.84. The van der Waals surface area contributed by atoms with Crippen LogP contribution in [0.4, 0.5) is 26.3 Å². The number of carboxylic acids is 1. The summed E-state index contributed by atoms with van der Waals surface area (Å²) >= 11 is 0. The number of carbonyl (C=O) groups is 2. The van der Waals surface area contributed by atoms with Gasteiger partial charge in [-0.3, -0.25) is 4.79 Å². The Morgan fingerprint density at radius 2 is 1.46 bits per heavy atom. The van der Waals surface area contributed by atoms with Crippen molar-refractivity contribution in [3.63, 3.8) is 0 Å². The van der Waals surface area contributed by atoms with Crippen LogP contribution in [0, 0.1) is 0 Å². The Kier molecular flexibility index (Phi) is 6.01. The molecule has 2 aromatic rings. The van der Waals surface area contributed by atoms with Gasteiger partial charge in [-0.05, 0) is 35.9 Å². The van der Waals surface area contributed by atoms with Gasteiger partial charge in [0.05, 0.1) is 11.1 Å². The standard InChI is InChI=1S/C18H13F6NO3/c19-17(20,21)12-6-4-10(5-7-12)8-14(16(27)28)25-15(26)11-2-1-3-13(9-11)18(22,23)24/h1-7,9,14H,8H2,(H,25,26)(H,27,28)/t14-/m1/s1. The third kappa shape index (κ3) is 5.48. The minimum Gasteiger partial charge on any atom is -0.480 e. The number of aliphatic carboxylic acids is 1. The Hall–Kier alpha value is -3.04. The van der Waals surface area contributed by atoms with Crippen LogP contribution < -0.4 is 5.32 Å². The fraction of sp³-hybridized carbons (Fsp3) is 0.222. The van der Waals surface area contributed by atoms with E-state index in [1.54, 1.807) is 0 Å². The maximum atomic E-state index is 12.7. The molecule has 0 unspecified atom stereocenters. The maximum absolute atomic E-state index is 12.7. The Morgan fingerprint density at radius 1 is 0.893 bits per heavy atom. The van der Waals surface area contributed by atoms with Crippen molar-refractivity contribution in [2.24, 2.45) is 0 Å². The number of amides is 1. The van der Waals surface area contributed by atoms with E-state index in [1.807, 2.05) is 0 Å². The summed E-state index contributed by atoms with van der Waals surface area (Å²) in [5, 5.41) is 11.3. The highest BCUT2D eigenvalue weighted by Gasteiger charge is 2.32. The minimum absolute atomic E-state index is 0.199. The quantitative estimate of drug-likeness (QED) is 0.735. The molecule has 10 heteroatoms. The zero-order valence-electron chi connectivity index (χ0n) is 13.9. The highest BCUT2D eigenvalue weighted by Crippen LogP contribution is 2.30. The van der Waals surface area contributed by atoms with Gasteiger partial charge in [0.2, 0.25) is 0 Å². The summed E-state index contributed by atoms with van der Waals surface area (Å²) in [6, 6.07) is 5.54. The first-order valence-electron chi connectivity index (χ1n) is 7.75. The topological polar surface area (TPSA) is 66.4 Å². The molecule has 4 nitrogen and oxygen atoms in total. The summed E-state index contributed by atoms with van der Waals surface area (Å²) in [4.78, 5) is 23.5. The number of carboxylic acid groups (broad SMARTS) is 1. The number of benzene rings is 2. The number of hydrogen-bond acceptors (Lipinski definition) is 2. The van der Waals surface area contributed by atoms with Crippen molar-refractivity contribution in [2.75, 3.05) is 0 Å². The first-order chi connectivity index (χ1) is 12.9. The molecule has 1 amide bonds. The molecule has 150 valence electrons. The van der Waals surface area contributed by atoms with Crippen LogP contribution in [-0.4, -0.2) is 23.0 Å². The van der Waals surface area contributed by atoms with E-state index in [0.717, 1.165) is 42.5 Å². The van der Waals surface area contributed by atoms with Gasteiger partial charge in [0.1, 0.15) is 6.04 Å². The number of carbonyl (C=O) groups excluding carboxylic acids is 1. The summed E-state index contributed by atoms with van der Waals surface area (Å²) in [5.41, 5.74) is -2.19. The molecule has 0 saturated carbocycles. The molecule has 0 heterocycles. The van der Waals surface area contributed by atoms with Gasteiger partial charge in [-0.25, -0.2) is 4.79 Å². The van der Waals surface area contributed by atoms with Gasteiger partial charge in [-0.2, -0.15) is 26.3 Å². The third-order valence-electron chi connectivity index (χ3n) is 3.78. The highest BCUT2D eigenvalue weighted by atomic mass is 19.4. The number of rotatable bonds is 5. The Labute approximate surface area is 154 Å². The van der Waals surface area contributed by atoms with E-state index in [-0.39, 0.29) is 12.0 Å². The summed E-state index contributed by atoms with van der Waals surface area (Å²) in [6.45, 7) is 0. The van der Waals surface area contributed by atoms with Crippen LogP contribution in [0.2, 0.25) is 0 Å². The van der Waals surface area contributed by atoms with E-state index in [4.69, 9.17) is 0 Å². The van der Waals surface area contributed by atoms with Gasteiger partial charge in [-0.1, -0.05) is 18.2 Å². The van der Waals surface area contributed by atoms with Crippen molar-refractivity contribution in [1.29, 1.82) is 0 Å². The molecule has 0 spiro atoms. The summed E-state index contributed by atoms with van der Waals surface area (Å²) in [5.74, 6) is -2.54. The zero-order valence-corrected chi connectivity index (χ0v) is 13.9. The van der Waals surface area contributed by atoms with E-state index in [9.17, 15) is 41.0 Å². The average Bonchev–Trinajstić information content (AvgIpc) is 2.60. The normalized spacial score (nSPS) is 13.1. The predicted octanol–water partition coefficient (Wildman–Crippen LogP) is 4.15. The van der Waals surface area contributed by atoms with Crippen LogP contribution in [0.5, 0.6) is 0 Å². The largest absolute Gasteiger partial charge is 0.480 e. The van der Waals surface area contributed by atoms with Crippen LogP contribution in [0.25, 0.3) is 0 Å². The number of halogens is 6. The number of alkyl halides is 6. The lowest BCUT2D eigenvalue weighted by Crippen LogP contribution is -2.42. The van der Waals surface area contributed by atoms with Gasteiger partial charge in [0.25, 0.3) is 5.91 Å². The molecular weight excluding hydrogens is 392 g/mol. The molecule has 1 atom stereocenters. The lowest BCUT2D eigenvalue weighted by atomic mass is 10.0. The lowest BCUT2D eigenvalue weighted by Gasteiger charge is -2.16. The summed E-state index contributed by atoms with van der Waals surface area (Å²) < 4.78 is 75.8. The van der Waals surface area contributed by atoms with Gasteiger partial charge in [0, 0.05) is 12.0 Å². The molecule has 0 aliphatic rings. The molecule has 0 aliphatic carbocycles. The molecule has 0 aromatic heterocycles. The fourth-order valence-corrected chi connectivity index (χ4v) is 2.34. The lowest BCUT2D eigenvalue weighted by molar-refractivity contribution is -0.139. The van der Waals surface area contributed by atoms with E-state index in [0.29, 0.717) is 6.07 Å². The van der Waals surface area contributed by atoms with Crippen molar-refractivity contribution in [2.45, 2.75) is 24.8 Å². The van der Waals surface area contributed by atoms with Crippen molar-refractivity contribution < 1.29 is 41.0 Å². The van der Waals surface area contributed by atoms with E-state index in [1.165, 1.54) is 0 Å². The predicted molar refractivity (Wildman–Crippen MR) is 85.5 cm³/mol. The molecular formula is C18H13F6NO3. The monoisotopic (exact) mass is 405 g/mol. The zero-order chi connectivity index (χ0) is 21.1. The summed E-state index contributed by atoms with van der Waals surface area (Å²) in [7, 11) is 0. The van der Waals surface area contributed by atoms with Crippen LogP contribution >= 0.6 is 0 Å². The molecule has 0 fully saturated rings. The van der Waals surface area contributed by atoms with Crippen molar-refractivity contribution in [1.82, 2.24) is 5.32 Å². The Bertz CT molecular complexity index is 859. The van der Waals surface area contributed by atoms with Gasteiger partial charge in [-0.15, -0.1) is 0 Å². The smallest absolute Gasteiger partial charge is 0.416 e. The van der Waals surface area contributed by atoms with Gasteiger partial charge in [0.15, 0.2) is 0 Å². The Morgan fingerprint density at radius 3 is 1.96 bits per heavy atom. The molecule has 28 heavy (non-hydrogen) atoms. The van der Waals surface area contributed by atoms with Crippen LogP contribution in [0.3, 0.4) is 0 Å². The molecule has 0 saturated heterocycles. The van der Waals surface area contributed by atoms with Crippen molar-refractivity contribution in [3.8, 4) is 0 Å². The fourth-order valence-electron chi connectivity index (χ4n) is 2.34. The van der Waals surface area contributed by atoms with Gasteiger partial charge < -0.3 is 10.4 Å². The second kappa shape index (κ2) is 7.91.